The van der Waals surface area contributed by atoms with Gasteiger partial charge in [0.1, 0.15) is 6.29 Å². The molecule has 2 rings (SSSR count). The van der Waals surface area contributed by atoms with E-state index in [0.29, 0.717) is 18.5 Å². The molecule has 106 valence electrons. The standard InChI is InChI=1S/C15H17NO4/c1-20-10-13-7-11(9-17)8-14(16(18)19)15(13)12-5-3-2-4-6-12/h2-7,9,13-15H,8,10H2,1H3/t13-,14+,15-/m1/s1. The summed E-state index contributed by atoms with van der Waals surface area (Å²) in [5, 5.41) is 11.4. The number of rotatable bonds is 5. The fourth-order valence-corrected chi connectivity index (χ4v) is 2.88. The lowest BCUT2D eigenvalue weighted by Crippen LogP contribution is -2.37. The Balaban J connectivity index is 2.43. The Hall–Kier alpha value is -2.01. The number of carbonyl (C=O) groups excluding carboxylic acids is 1. The number of methoxy groups -OCH3 is 1. The second-order valence-corrected chi connectivity index (χ2v) is 4.97. The first kappa shape index (κ1) is 14.4. The van der Waals surface area contributed by atoms with Crippen LogP contribution in [0, 0.1) is 16.0 Å². The van der Waals surface area contributed by atoms with Crippen LogP contribution in [0.1, 0.15) is 17.9 Å². The van der Waals surface area contributed by atoms with Crippen molar-refractivity contribution < 1.29 is 14.5 Å². The minimum absolute atomic E-state index is 0.160. The minimum atomic E-state index is -0.789. The summed E-state index contributed by atoms with van der Waals surface area (Å²) in [5.74, 6) is -0.429. The van der Waals surface area contributed by atoms with Crippen molar-refractivity contribution >= 4 is 6.29 Å². The van der Waals surface area contributed by atoms with E-state index in [0.717, 1.165) is 5.56 Å². The smallest absolute Gasteiger partial charge is 0.224 e. The Morgan fingerprint density at radius 3 is 2.65 bits per heavy atom. The molecule has 0 unspecified atom stereocenters. The first-order chi connectivity index (χ1) is 9.67. The maximum absolute atomic E-state index is 11.4. The molecular formula is C15H17NO4. The summed E-state index contributed by atoms with van der Waals surface area (Å²) in [6, 6.07) is 8.62. The molecule has 0 amide bonds. The van der Waals surface area contributed by atoms with E-state index < -0.39 is 6.04 Å². The lowest BCUT2D eigenvalue weighted by molar-refractivity contribution is -0.528. The van der Waals surface area contributed by atoms with Crippen molar-refractivity contribution in [1.29, 1.82) is 0 Å². The van der Waals surface area contributed by atoms with E-state index in [1.54, 1.807) is 7.11 Å². The fourth-order valence-electron chi connectivity index (χ4n) is 2.88. The van der Waals surface area contributed by atoms with Crippen molar-refractivity contribution in [2.45, 2.75) is 18.4 Å². The molecule has 0 aliphatic heterocycles. The number of hydrogen-bond donors (Lipinski definition) is 0. The van der Waals surface area contributed by atoms with Gasteiger partial charge < -0.3 is 4.74 Å². The number of nitro groups is 1. The van der Waals surface area contributed by atoms with Crippen LogP contribution in [0.4, 0.5) is 0 Å². The van der Waals surface area contributed by atoms with Crippen molar-refractivity contribution in [1.82, 2.24) is 0 Å². The number of benzene rings is 1. The molecule has 5 heteroatoms. The SMILES string of the molecule is COC[C@H]1C=C(C=O)C[C@H]([N+](=O)[O-])[C@@H]1c1ccccc1. The average molecular weight is 275 g/mol. The van der Waals surface area contributed by atoms with Crippen molar-refractivity contribution in [3.63, 3.8) is 0 Å². The zero-order valence-electron chi connectivity index (χ0n) is 11.3. The van der Waals surface area contributed by atoms with Crippen LogP contribution in [0.5, 0.6) is 0 Å². The van der Waals surface area contributed by atoms with Crippen LogP contribution in [0.15, 0.2) is 42.0 Å². The van der Waals surface area contributed by atoms with Crippen LogP contribution in [0.3, 0.4) is 0 Å². The van der Waals surface area contributed by atoms with E-state index in [1.807, 2.05) is 36.4 Å². The molecule has 0 saturated carbocycles. The van der Waals surface area contributed by atoms with Gasteiger partial charge in [0.15, 0.2) is 0 Å². The first-order valence-corrected chi connectivity index (χ1v) is 6.50. The van der Waals surface area contributed by atoms with Crippen LogP contribution < -0.4 is 0 Å². The quantitative estimate of drug-likeness (QED) is 0.469. The number of aldehydes is 1. The van der Waals surface area contributed by atoms with Gasteiger partial charge in [0.25, 0.3) is 0 Å². The Kier molecular flexibility index (Phi) is 4.63. The van der Waals surface area contributed by atoms with Gasteiger partial charge in [-0.1, -0.05) is 36.4 Å². The minimum Gasteiger partial charge on any atom is -0.384 e. The van der Waals surface area contributed by atoms with Crippen LogP contribution in [0.2, 0.25) is 0 Å². The predicted octanol–water partition coefficient (Wildman–Crippen LogP) is 2.21. The van der Waals surface area contributed by atoms with Gasteiger partial charge in [-0.05, 0) is 11.1 Å². The lowest BCUT2D eigenvalue weighted by atomic mass is 9.74. The van der Waals surface area contributed by atoms with Crippen molar-refractivity contribution in [2.75, 3.05) is 13.7 Å². The third kappa shape index (κ3) is 2.93. The normalized spacial score (nSPS) is 25.9. The zero-order valence-corrected chi connectivity index (χ0v) is 11.3. The van der Waals surface area contributed by atoms with E-state index in [2.05, 4.69) is 0 Å². The Bertz CT molecular complexity index is 512. The molecule has 0 radical (unpaired) electrons. The van der Waals surface area contributed by atoms with E-state index in [-0.39, 0.29) is 23.2 Å². The summed E-state index contributed by atoms with van der Waals surface area (Å²) in [4.78, 5) is 22.1. The summed E-state index contributed by atoms with van der Waals surface area (Å²) >= 11 is 0. The largest absolute Gasteiger partial charge is 0.384 e. The van der Waals surface area contributed by atoms with Gasteiger partial charge in [-0.3, -0.25) is 14.9 Å². The molecule has 1 aromatic rings. The summed E-state index contributed by atoms with van der Waals surface area (Å²) in [7, 11) is 1.56. The number of ether oxygens (including phenoxy) is 1. The Morgan fingerprint density at radius 2 is 2.10 bits per heavy atom. The van der Waals surface area contributed by atoms with Crippen LogP contribution in [-0.2, 0) is 9.53 Å². The molecule has 0 saturated heterocycles. The topological polar surface area (TPSA) is 69.4 Å². The number of carbonyl (C=O) groups is 1. The van der Waals surface area contributed by atoms with Crippen molar-refractivity contribution in [3.8, 4) is 0 Å². The van der Waals surface area contributed by atoms with Gasteiger partial charge in [0, 0.05) is 24.4 Å². The molecule has 0 spiro atoms. The van der Waals surface area contributed by atoms with Crippen LogP contribution in [0.25, 0.3) is 0 Å². The highest BCUT2D eigenvalue weighted by Crippen LogP contribution is 2.38. The highest BCUT2D eigenvalue weighted by atomic mass is 16.6. The fraction of sp³-hybridized carbons (Fsp3) is 0.400. The number of hydrogen-bond acceptors (Lipinski definition) is 4. The van der Waals surface area contributed by atoms with E-state index >= 15 is 0 Å². The van der Waals surface area contributed by atoms with Crippen molar-refractivity contribution in [2.24, 2.45) is 5.92 Å². The third-order valence-electron chi connectivity index (χ3n) is 3.71. The Morgan fingerprint density at radius 1 is 1.40 bits per heavy atom. The molecule has 0 heterocycles. The molecule has 0 fully saturated rings. The average Bonchev–Trinajstić information content (AvgIpc) is 2.47. The first-order valence-electron chi connectivity index (χ1n) is 6.50. The molecule has 1 aliphatic carbocycles. The van der Waals surface area contributed by atoms with Crippen LogP contribution >= 0.6 is 0 Å². The summed E-state index contributed by atoms with van der Waals surface area (Å²) in [6.45, 7) is 0.362. The highest BCUT2D eigenvalue weighted by Gasteiger charge is 2.41. The lowest BCUT2D eigenvalue weighted by Gasteiger charge is -2.31. The molecule has 0 bridgehead atoms. The number of nitrogens with zero attached hydrogens (tertiary/aromatic N) is 1. The maximum atomic E-state index is 11.4. The van der Waals surface area contributed by atoms with Gasteiger partial charge in [0.2, 0.25) is 6.04 Å². The van der Waals surface area contributed by atoms with Gasteiger partial charge >= 0.3 is 0 Å². The molecule has 1 aliphatic rings. The highest BCUT2D eigenvalue weighted by molar-refractivity contribution is 5.73. The third-order valence-corrected chi connectivity index (χ3v) is 3.71. The van der Waals surface area contributed by atoms with E-state index in [1.165, 1.54) is 0 Å². The van der Waals surface area contributed by atoms with Crippen LogP contribution in [-0.4, -0.2) is 31.0 Å². The molecule has 0 N–H and O–H groups in total. The molecular weight excluding hydrogens is 258 g/mol. The second kappa shape index (κ2) is 6.43. The monoisotopic (exact) mass is 275 g/mol. The maximum Gasteiger partial charge on any atom is 0.224 e. The predicted molar refractivity (Wildman–Crippen MR) is 74.1 cm³/mol. The van der Waals surface area contributed by atoms with Gasteiger partial charge in [-0.25, -0.2) is 0 Å². The van der Waals surface area contributed by atoms with Gasteiger partial charge in [0.05, 0.1) is 12.5 Å². The molecule has 3 atom stereocenters. The Labute approximate surface area is 117 Å². The zero-order chi connectivity index (χ0) is 14.5. The summed E-state index contributed by atoms with van der Waals surface area (Å²) in [5.41, 5.74) is 1.40. The van der Waals surface area contributed by atoms with E-state index in [9.17, 15) is 14.9 Å². The second-order valence-electron chi connectivity index (χ2n) is 4.97. The molecule has 20 heavy (non-hydrogen) atoms. The molecule has 5 nitrogen and oxygen atoms in total. The summed E-state index contributed by atoms with van der Waals surface area (Å²) < 4.78 is 5.17. The van der Waals surface area contributed by atoms with Gasteiger partial charge in [-0.15, -0.1) is 0 Å². The molecule has 1 aromatic carbocycles. The molecule has 0 aromatic heterocycles. The summed E-state index contributed by atoms with van der Waals surface area (Å²) in [6.07, 6.45) is 2.70. The van der Waals surface area contributed by atoms with Gasteiger partial charge in [-0.2, -0.15) is 0 Å². The van der Waals surface area contributed by atoms with Crippen molar-refractivity contribution in [3.05, 3.63) is 57.7 Å². The van der Waals surface area contributed by atoms with E-state index in [4.69, 9.17) is 4.74 Å².